The third kappa shape index (κ3) is 2.98. The summed E-state index contributed by atoms with van der Waals surface area (Å²) in [7, 11) is 5.24. The van der Waals surface area contributed by atoms with Crippen LogP contribution in [0.2, 0.25) is 0 Å². The first-order valence-electron chi connectivity index (χ1n) is 4.95. The summed E-state index contributed by atoms with van der Waals surface area (Å²) in [6.07, 6.45) is 4.42. The van der Waals surface area contributed by atoms with E-state index in [1.807, 2.05) is 12.1 Å². The second kappa shape index (κ2) is 5.89. The number of ether oxygens (including phenoxy) is 3. The van der Waals surface area contributed by atoms with Crippen molar-refractivity contribution in [2.24, 2.45) is 0 Å². The van der Waals surface area contributed by atoms with Crippen molar-refractivity contribution in [3.63, 3.8) is 0 Å². The van der Waals surface area contributed by atoms with Crippen molar-refractivity contribution in [2.75, 3.05) is 33.8 Å². The van der Waals surface area contributed by atoms with Crippen LogP contribution in [0.15, 0.2) is 12.1 Å². The zero-order valence-corrected chi connectivity index (χ0v) is 11.3. The predicted molar refractivity (Wildman–Crippen MR) is 69.0 cm³/mol. The lowest BCUT2D eigenvalue weighted by Gasteiger charge is -2.13. The maximum absolute atomic E-state index is 5.30. The van der Waals surface area contributed by atoms with Crippen molar-refractivity contribution >= 4 is 10.9 Å². The summed E-state index contributed by atoms with van der Waals surface area (Å²) in [4.78, 5) is 0. The summed E-state index contributed by atoms with van der Waals surface area (Å²) in [6, 6.07) is 4.02. The topological polar surface area (TPSA) is 27.7 Å². The van der Waals surface area contributed by atoms with Gasteiger partial charge in [0.25, 0.3) is 0 Å². The summed E-state index contributed by atoms with van der Waals surface area (Å²) in [5, 5.41) is 0. The highest BCUT2D eigenvalue weighted by Crippen LogP contribution is 2.38. The van der Waals surface area contributed by atoms with Gasteiger partial charge in [0.15, 0.2) is 11.5 Å². The van der Waals surface area contributed by atoms with Gasteiger partial charge in [0.05, 0.1) is 33.8 Å². The molecule has 3 nitrogen and oxygen atoms in total. The first kappa shape index (κ1) is 13.0. The van der Waals surface area contributed by atoms with Gasteiger partial charge in [0.1, 0.15) is 5.75 Å². The summed E-state index contributed by atoms with van der Waals surface area (Å²) in [5.41, 5.74) is 1.21. The smallest absolute Gasteiger partial charge is 0.203 e. The van der Waals surface area contributed by atoms with Gasteiger partial charge in [0, 0.05) is 5.56 Å². The molecular formula is C12H19O3S+. The molecule has 1 rings (SSSR count). The Morgan fingerprint density at radius 2 is 1.44 bits per heavy atom. The van der Waals surface area contributed by atoms with E-state index >= 15 is 0 Å². The number of hydrogen-bond acceptors (Lipinski definition) is 3. The highest BCUT2D eigenvalue weighted by Gasteiger charge is 2.15. The lowest BCUT2D eigenvalue weighted by atomic mass is 10.2. The molecule has 1 aromatic carbocycles. The van der Waals surface area contributed by atoms with Crippen LogP contribution in [-0.2, 0) is 16.6 Å². The number of rotatable bonds is 5. The maximum atomic E-state index is 5.30. The number of benzene rings is 1. The first-order valence-corrected chi connectivity index (χ1v) is 7.16. The predicted octanol–water partition coefficient (Wildman–Crippen LogP) is 2.09. The third-order valence-corrected chi connectivity index (χ3v) is 3.09. The molecule has 90 valence electrons. The monoisotopic (exact) mass is 243 g/mol. The van der Waals surface area contributed by atoms with E-state index < -0.39 is 0 Å². The van der Waals surface area contributed by atoms with E-state index in [-0.39, 0.29) is 0 Å². The standard InChI is InChI=1S/C12H19O3S/c1-13-10-6-9(8-16(4)5)7-11(14-2)12(10)15-3/h6-7H,8H2,1-5H3/q+1. The van der Waals surface area contributed by atoms with Crippen LogP contribution < -0.4 is 14.2 Å². The zero-order chi connectivity index (χ0) is 12.1. The molecular weight excluding hydrogens is 224 g/mol. The number of hydrogen-bond donors (Lipinski definition) is 0. The Kier molecular flexibility index (Phi) is 4.80. The van der Waals surface area contributed by atoms with Crippen LogP contribution in [0.5, 0.6) is 17.2 Å². The second-order valence-electron chi connectivity index (χ2n) is 3.66. The van der Waals surface area contributed by atoms with E-state index in [9.17, 15) is 0 Å². The molecule has 0 heterocycles. The summed E-state index contributed by atoms with van der Waals surface area (Å²) in [5.74, 6) is 3.13. The average Bonchev–Trinajstić information content (AvgIpc) is 2.26. The normalized spacial score (nSPS) is 10.4. The highest BCUT2D eigenvalue weighted by molar-refractivity contribution is 7.94. The molecule has 0 amide bonds. The fourth-order valence-corrected chi connectivity index (χ4v) is 2.39. The molecule has 0 aromatic heterocycles. The van der Waals surface area contributed by atoms with Crippen molar-refractivity contribution < 1.29 is 14.2 Å². The molecule has 4 heteroatoms. The van der Waals surface area contributed by atoms with Gasteiger partial charge in [0.2, 0.25) is 5.75 Å². The van der Waals surface area contributed by atoms with Gasteiger partial charge < -0.3 is 14.2 Å². The van der Waals surface area contributed by atoms with Crippen LogP contribution in [0.4, 0.5) is 0 Å². The van der Waals surface area contributed by atoms with Crippen molar-refractivity contribution in [3.05, 3.63) is 17.7 Å². The maximum Gasteiger partial charge on any atom is 0.203 e. The van der Waals surface area contributed by atoms with Crippen LogP contribution in [-0.4, -0.2) is 33.8 Å². The largest absolute Gasteiger partial charge is 0.493 e. The van der Waals surface area contributed by atoms with E-state index in [1.165, 1.54) is 5.56 Å². The molecule has 0 N–H and O–H groups in total. The lowest BCUT2D eigenvalue weighted by molar-refractivity contribution is 0.324. The molecule has 0 unspecified atom stereocenters. The lowest BCUT2D eigenvalue weighted by Crippen LogP contribution is -2.02. The van der Waals surface area contributed by atoms with Gasteiger partial charge in [-0.2, -0.15) is 0 Å². The molecule has 0 saturated heterocycles. The molecule has 0 spiro atoms. The van der Waals surface area contributed by atoms with E-state index in [1.54, 1.807) is 21.3 Å². The summed E-state index contributed by atoms with van der Waals surface area (Å²) in [6.45, 7) is 0. The molecule has 0 atom stereocenters. The van der Waals surface area contributed by atoms with E-state index in [2.05, 4.69) is 12.5 Å². The van der Waals surface area contributed by atoms with Gasteiger partial charge in [-0.25, -0.2) is 0 Å². The molecule has 0 aliphatic rings. The Morgan fingerprint density at radius 1 is 0.938 bits per heavy atom. The molecule has 0 bridgehead atoms. The fourth-order valence-electron chi connectivity index (χ4n) is 1.55. The molecule has 0 aliphatic heterocycles. The minimum absolute atomic E-state index is 0.352. The Balaban J connectivity index is 3.15. The molecule has 0 aliphatic carbocycles. The Bertz CT molecular complexity index is 325. The molecule has 0 radical (unpaired) electrons. The minimum Gasteiger partial charge on any atom is -0.493 e. The third-order valence-electron chi connectivity index (χ3n) is 2.18. The van der Waals surface area contributed by atoms with Crippen molar-refractivity contribution in [1.82, 2.24) is 0 Å². The molecule has 0 saturated carbocycles. The Hall–Kier alpha value is -1.03. The summed E-state index contributed by atoms with van der Waals surface area (Å²) >= 11 is 0. The fraction of sp³-hybridized carbons (Fsp3) is 0.500. The van der Waals surface area contributed by atoms with Crippen LogP contribution >= 0.6 is 0 Å². The summed E-state index contributed by atoms with van der Waals surface area (Å²) < 4.78 is 15.9. The Labute approximate surface area is 100 Å². The SMILES string of the molecule is COc1cc(C[S+](C)C)cc(OC)c1OC. The van der Waals surface area contributed by atoms with E-state index in [4.69, 9.17) is 14.2 Å². The van der Waals surface area contributed by atoms with Crippen LogP contribution in [0.3, 0.4) is 0 Å². The molecule has 0 fully saturated rings. The van der Waals surface area contributed by atoms with E-state index in [0.717, 1.165) is 17.3 Å². The Morgan fingerprint density at radius 3 is 1.75 bits per heavy atom. The van der Waals surface area contributed by atoms with Gasteiger partial charge in [-0.05, 0) is 23.0 Å². The van der Waals surface area contributed by atoms with Crippen molar-refractivity contribution in [3.8, 4) is 17.2 Å². The highest BCUT2D eigenvalue weighted by atomic mass is 32.2. The zero-order valence-electron chi connectivity index (χ0n) is 10.5. The first-order chi connectivity index (χ1) is 7.62. The van der Waals surface area contributed by atoms with Crippen molar-refractivity contribution in [2.45, 2.75) is 5.75 Å². The van der Waals surface area contributed by atoms with E-state index in [0.29, 0.717) is 16.6 Å². The quantitative estimate of drug-likeness (QED) is 0.741. The average molecular weight is 243 g/mol. The van der Waals surface area contributed by atoms with Gasteiger partial charge >= 0.3 is 0 Å². The van der Waals surface area contributed by atoms with Crippen LogP contribution in [0, 0.1) is 0 Å². The van der Waals surface area contributed by atoms with Gasteiger partial charge in [-0.15, -0.1) is 0 Å². The molecule has 16 heavy (non-hydrogen) atoms. The van der Waals surface area contributed by atoms with Gasteiger partial charge in [-0.1, -0.05) is 0 Å². The van der Waals surface area contributed by atoms with Crippen LogP contribution in [0.1, 0.15) is 5.56 Å². The molecule has 1 aromatic rings. The minimum atomic E-state index is 0.352. The van der Waals surface area contributed by atoms with Crippen molar-refractivity contribution in [1.29, 1.82) is 0 Å². The van der Waals surface area contributed by atoms with Crippen LogP contribution in [0.25, 0.3) is 0 Å². The second-order valence-corrected chi connectivity index (χ2v) is 5.92. The van der Waals surface area contributed by atoms with Gasteiger partial charge in [-0.3, -0.25) is 0 Å². The number of methoxy groups -OCH3 is 3.